The van der Waals surface area contributed by atoms with Gasteiger partial charge in [0.05, 0.1) is 18.7 Å². The van der Waals surface area contributed by atoms with Crippen LogP contribution in [0.1, 0.15) is 49.8 Å². The van der Waals surface area contributed by atoms with Crippen LogP contribution in [-0.4, -0.2) is 35.4 Å². The van der Waals surface area contributed by atoms with Crippen LogP contribution in [0, 0.1) is 0 Å². The van der Waals surface area contributed by atoms with Crippen LogP contribution in [0.4, 0.5) is 0 Å². The summed E-state index contributed by atoms with van der Waals surface area (Å²) in [6.07, 6.45) is 3.99. The fourth-order valence-electron chi connectivity index (χ4n) is 3.70. The molecule has 1 N–H and O–H groups in total. The Morgan fingerprint density at radius 1 is 1.00 bits per heavy atom. The Labute approximate surface area is 171 Å². The highest BCUT2D eigenvalue weighted by molar-refractivity contribution is 6.46. The van der Waals surface area contributed by atoms with E-state index in [2.05, 4.69) is 6.92 Å². The van der Waals surface area contributed by atoms with Crippen molar-refractivity contribution in [2.45, 2.75) is 38.6 Å². The molecule has 2 aromatic carbocycles. The summed E-state index contributed by atoms with van der Waals surface area (Å²) in [5, 5.41) is 10.9. The van der Waals surface area contributed by atoms with Crippen molar-refractivity contribution in [3.63, 3.8) is 0 Å². The fourth-order valence-corrected chi connectivity index (χ4v) is 3.70. The number of carbonyl (C=O) groups is 2. The smallest absolute Gasteiger partial charge is 0.295 e. The summed E-state index contributed by atoms with van der Waals surface area (Å²) >= 11 is 0. The third-order valence-corrected chi connectivity index (χ3v) is 5.27. The molecule has 1 saturated heterocycles. The van der Waals surface area contributed by atoms with Gasteiger partial charge in [-0.25, -0.2) is 0 Å². The number of aliphatic hydroxyl groups is 1. The van der Waals surface area contributed by atoms with Gasteiger partial charge in [-0.3, -0.25) is 9.59 Å². The van der Waals surface area contributed by atoms with Crippen molar-refractivity contribution in [2.75, 3.05) is 13.7 Å². The predicted molar refractivity (Wildman–Crippen MR) is 113 cm³/mol. The van der Waals surface area contributed by atoms with Crippen LogP contribution in [0.3, 0.4) is 0 Å². The number of likely N-dealkylation sites (tertiary alicyclic amines) is 1. The van der Waals surface area contributed by atoms with Crippen molar-refractivity contribution in [3.05, 3.63) is 71.3 Å². The number of Topliss-reactive ketones (excluding diaryl/α,β-unsaturated/α-hetero) is 1. The van der Waals surface area contributed by atoms with Crippen LogP contribution < -0.4 is 4.74 Å². The topological polar surface area (TPSA) is 66.8 Å². The van der Waals surface area contributed by atoms with Crippen molar-refractivity contribution < 1.29 is 19.4 Å². The molecule has 1 amide bonds. The Morgan fingerprint density at radius 3 is 2.31 bits per heavy atom. The molecule has 3 rings (SSSR count). The number of ketones is 1. The SMILES string of the molecule is CCCCCCN1C(=O)C(=O)C(=C(O)c2ccccc2)C1c1ccc(OC)cc1. The van der Waals surface area contributed by atoms with E-state index in [1.165, 1.54) is 0 Å². The molecule has 0 aliphatic carbocycles. The first kappa shape index (κ1) is 20.6. The van der Waals surface area contributed by atoms with Crippen molar-refractivity contribution in [1.82, 2.24) is 4.90 Å². The Kier molecular flexibility index (Phi) is 6.70. The molecule has 0 bridgehead atoms. The zero-order valence-corrected chi connectivity index (χ0v) is 16.9. The lowest BCUT2D eigenvalue weighted by molar-refractivity contribution is -0.139. The normalized spacial score (nSPS) is 18.3. The molecule has 0 saturated carbocycles. The van der Waals surface area contributed by atoms with Gasteiger partial charge in [0.2, 0.25) is 0 Å². The molecule has 1 fully saturated rings. The minimum absolute atomic E-state index is 0.138. The van der Waals surface area contributed by atoms with Gasteiger partial charge in [0, 0.05) is 12.1 Å². The minimum Gasteiger partial charge on any atom is -0.507 e. The van der Waals surface area contributed by atoms with Crippen LogP contribution >= 0.6 is 0 Å². The number of rotatable bonds is 8. The van der Waals surface area contributed by atoms with E-state index in [0.29, 0.717) is 17.9 Å². The number of carbonyl (C=O) groups excluding carboxylic acids is 2. The van der Waals surface area contributed by atoms with E-state index in [1.807, 2.05) is 18.2 Å². The first-order chi connectivity index (χ1) is 14.1. The molecule has 5 nitrogen and oxygen atoms in total. The minimum atomic E-state index is -0.636. The number of aliphatic hydroxyl groups excluding tert-OH is 1. The van der Waals surface area contributed by atoms with Crippen LogP contribution in [0.2, 0.25) is 0 Å². The maximum Gasteiger partial charge on any atom is 0.295 e. The van der Waals surface area contributed by atoms with Crippen LogP contribution in [-0.2, 0) is 9.59 Å². The highest BCUT2D eigenvalue weighted by atomic mass is 16.5. The summed E-state index contributed by atoms with van der Waals surface area (Å²) in [6, 6.07) is 15.6. The molecule has 1 heterocycles. The number of nitrogens with zero attached hydrogens (tertiary/aromatic N) is 1. The summed E-state index contributed by atoms with van der Waals surface area (Å²) in [5.74, 6) is -0.639. The summed E-state index contributed by atoms with van der Waals surface area (Å²) < 4.78 is 5.23. The summed E-state index contributed by atoms with van der Waals surface area (Å²) in [7, 11) is 1.59. The van der Waals surface area contributed by atoms with E-state index in [-0.39, 0.29) is 11.3 Å². The molecular weight excluding hydrogens is 366 g/mol. The standard InChI is InChI=1S/C24H27NO4/c1-3-4-5-9-16-25-21(17-12-14-19(29-2)15-13-17)20(23(27)24(25)28)22(26)18-10-7-6-8-11-18/h6-8,10-15,21,26H,3-5,9,16H2,1-2H3. The maximum absolute atomic E-state index is 12.9. The lowest BCUT2D eigenvalue weighted by Crippen LogP contribution is -2.30. The summed E-state index contributed by atoms with van der Waals surface area (Å²) in [6.45, 7) is 2.61. The van der Waals surface area contributed by atoms with Gasteiger partial charge < -0.3 is 14.7 Å². The molecule has 0 radical (unpaired) electrons. The van der Waals surface area contributed by atoms with E-state index in [9.17, 15) is 14.7 Å². The van der Waals surface area contributed by atoms with E-state index < -0.39 is 17.7 Å². The maximum atomic E-state index is 12.9. The second kappa shape index (κ2) is 9.41. The van der Waals surface area contributed by atoms with Gasteiger partial charge >= 0.3 is 0 Å². The van der Waals surface area contributed by atoms with Crippen molar-refractivity contribution in [3.8, 4) is 5.75 Å². The molecule has 29 heavy (non-hydrogen) atoms. The molecule has 1 aliphatic rings. The Balaban J connectivity index is 2.04. The number of unbranched alkanes of at least 4 members (excludes halogenated alkanes) is 3. The van der Waals surface area contributed by atoms with Crippen LogP contribution in [0.5, 0.6) is 5.75 Å². The lowest BCUT2D eigenvalue weighted by Gasteiger charge is -2.25. The second-order valence-corrected chi connectivity index (χ2v) is 7.19. The highest BCUT2D eigenvalue weighted by Gasteiger charge is 2.45. The molecule has 0 spiro atoms. The number of amides is 1. The first-order valence-corrected chi connectivity index (χ1v) is 10.1. The second-order valence-electron chi connectivity index (χ2n) is 7.19. The van der Waals surface area contributed by atoms with E-state index in [4.69, 9.17) is 4.74 Å². The zero-order chi connectivity index (χ0) is 20.8. The Morgan fingerprint density at radius 2 is 1.69 bits per heavy atom. The number of ether oxygens (including phenoxy) is 1. The number of hydrogen-bond donors (Lipinski definition) is 1. The molecule has 1 atom stereocenters. The van der Waals surface area contributed by atoms with E-state index in [1.54, 1.807) is 48.4 Å². The van der Waals surface area contributed by atoms with Gasteiger partial charge in [-0.15, -0.1) is 0 Å². The largest absolute Gasteiger partial charge is 0.507 e. The molecule has 1 unspecified atom stereocenters. The Bertz CT molecular complexity index is 887. The Hall–Kier alpha value is -3.08. The number of hydrogen-bond acceptors (Lipinski definition) is 4. The number of benzene rings is 2. The fraction of sp³-hybridized carbons (Fsp3) is 0.333. The zero-order valence-electron chi connectivity index (χ0n) is 16.9. The molecule has 0 aromatic heterocycles. The number of methoxy groups -OCH3 is 1. The first-order valence-electron chi connectivity index (χ1n) is 10.1. The van der Waals surface area contributed by atoms with Crippen molar-refractivity contribution in [1.29, 1.82) is 0 Å². The van der Waals surface area contributed by atoms with Gasteiger partial charge in [0.1, 0.15) is 11.5 Å². The van der Waals surface area contributed by atoms with Crippen LogP contribution in [0.25, 0.3) is 5.76 Å². The van der Waals surface area contributed by atoms with E-state index in [0.717, 1.165) is 31.2 Å². The predicted octanol–water partition coefficient (Wildman–Crippen LogP) is 4.70. The molecule has 5 heteroatoms. The van der Waals surface area contributed by atoms with Crippen molar-refractivity contribution >= 4 is 17.4 Å². The average Bonchev–Trinajstić information content (AvgIpc) is 3.01. The van der Waals surface area contributed by atoms with Gasteiger partial charge in [-0.1, -0.05) is 68.7 Å². The quantitative estimate of drug-likeness (QED) is 0.306. The lowest BCUT2D eigenvalue weighted by atomic mass is 9.95. The monoisotopic (exact) mass is 393 g/mol. The van der Waals surface area contributed by atoms with Gasteiger partial charge in [0.25, 0.3) is 11.7 Å². The van der Waals surface area contributed by atoms with Gasteiger partial charge in [0.15, 0.2) is 0 Å². The third kappa shape index (κ3) is 4.34. The molecule has 1 aliphatic heterocycles. The van der Waals surface area contributed by atoms with Gasteiger partial charge in [-0.2, -0.15) is 0 Å². The van der Waals surface area contributed by atoms with Gasteiger partial charge in [-0.05, 0) is 24.1 Å². The molecule has 152 valence electrons. The van der Waals surface area contributed by atoms with Crippen LogP contribution in [0.15, 0.2) is 60.2 Å². The van der Waals surface area contributed by atoms with Crippen molar-refractivity contribution in [2.24, 2.45) is 0 Å². The molecule has 2 aromatic rings. The summed E-state index contributed by atoms with van der Waals surface area (Å²) in [4.78, 5) is 27.3. The third-order valence-electron chi connectivity index (χ3n) is 5.27. The summed E-state index contributed by atoms with van der Waals surface area (Å²) in [5.41, 5.74) is 1.44. The molecular formula is C24H27NO4. The highest BCUT2D eigenvalue weighted by Crippen LogP contribution is 2.39. The van der Waals surface area contributed by atoms with E-state index >= 15 is 0 Å². The average molecular weight is 393 g/mol.